The van der Waals surface area contributed by atoms with Crippen molar-refractivity contribution in [2.45, 2.75) is 51.8 Å². The molecule has 0 bridgehead atoms. The van der Waals surface area contributed by atoms with Crippen LogP contribution in [-0.4, -0.2) is 21.8 Å². The van der Waals surface area contributed by atoms with Gasteiger partial charge in [-0.1, -0.05) is 56.3 Å². The fourth-order valence-corrected chi connectivity index (χ4v) is 4.21. The number of amides is 1. The molecule has 0 spiro atoms. The van der Waals surface area contributed by atoms with E-state index in [0.29, 0.717) is 11.3 Å². The summed E-state index contributed by atoms with van der Waals surface area (Å²) in [6, 6.07) is 19.3. The normalized spacial score (nSPS) is 16.1. The molecule has 164 valence electrons. The van der Waals surface area contributed by atoms with E-state index in [2.05, 4.69) is 28.6 Å². The zero-order valence-electron chi connectivity index (χ0n) is 18.5. The van der Waals surface area contributed by atoms with E-state index < -0.39 is 6.10 Å². The zero-order chi connectivity index (χ0) is 22.5. The number of carbonyl (C=O) groups excluding carboxylic acids is 1. The third kappa shape index (κ3) is 4.67. The number of nitriles is 1. The summed E-state index contributed by atoms with van der Waals surface area (Å²) in [5.74, 6) is 0.218. The highest BCUT2D eigenvalue weighted by molar-refractivity contribution is 5.82. The first kappa shape index (κ1) is 21.6. The first-order chi connectivity index (χ1) is 15.6. The Morgan fingerprint density at radius 3 is 2.72 bits per heavy atom. The fourth-order valence-electron chi connectivity index (χ4n) is 4.21. The average molecular weight is 429 g/mol. The number of ether oxygens (including phenoxy) is 1. The fraction of sp³-hybridized carbons (Fsp3) is 0.346. The van der Waals surface area contributed by atoms with E-state index in [4.69, 9.17) is 4.74 Å². The number of aromatic nitrogens is 2. The van der Waals surface area contributed by atoms with Crippen LogP contribution in [0.5, 0.6) is 5.75 Å². The lowest BCUT2D eigenvalue weighted by atomic mass is 9.92. The lowest BCUT2D eigenvalue weighted by Crippen LogP contribution is -2.44. The Bertz CT molecular complexity index is 1110. The first-order valence-electron chi connectivity index (χ1n) is 11.1. The summed E-state index contributed by atoms with van der Waals surface area (Å²) in [5, 5.41) is 17.2. The molecule has 1 aliphatic carbocycles. The van der Waals surface area contributed by atoms with Gasteiger partial charge >= 0.3 is 0 Å². The van der Waals surface area contributed by atoms with E-state index in [9.17, 15) is 10.1 Å². The summed E-state index contributed by atoms with van der Waals surface area (Å²) in [4.78, 5) is 13.2. The SMILES string of the molecule is CC(C)C(Oc1ccccc1C#N)C(=O)NC1CCCc2c1cnn2Cc1ccccc1. The van der Waals surface area contributed by atoms with E-state index in [0.717, 1.165) is 31.4 Å². The molecule has 1 aromatic heterocycles. The minimum atomic E-state index is -0.686. The van der Waals surface area contributed by atoms with Gasteiger partial charge in [0.15, 0.2) is 6.10 Å². The number of fused-ring (bicyclic) bond motifs is 1. The average Bonchev–Trinajstić information content (AvgIpc) is 3.22. The molecule has 4 rings (SSSR count). The molecule has 6 heteroatoms. The molecule has 0 saturated carbocycles. The third-order valence-corrected chi connectivity index (χ3v) is 5.88. The molecule has 0 aliphatic heterocycles. The van der Waals surface area contributed by atoms with Crippen molar-refractivity contribution >= 4 is 5.91 Å². The Morgan fingerprint density at radius 1 is 1.22 bits per heavy atom. The van der Waals surface area contributed by atoms with Gasteiger partial charge in [-0.2, -0.15) is 10.4 Å². The summed E-state index contributed by atoms with van der Waals surface area (Å²) in [6.07, 6.45) is 4.01. The smallest absolute Gasteiger partial charge is 0.261 e. The third-order valence-electron chi connectivity index (χ3n) is 5.88. The largest absolute Gasteiger partial charge is 0.479 e. The van der Waals surface area contributed by atoms with Gasteiger partial charge in [0.2, 0.25) is 0 Å². The van der Waals surface area contributed by atoms with Crippen molar-refractivity contribution in [3.63, 3.8) is 0 Å². The van der Waals surface area contributed by atoms with Crippen LogP contribution < -0.4 is 10.1 Å². The lowest BCUT2D eigenvalue weighted by Gasteiger charge is -2.28. The second-order valence-electron chi connectivity index (χ2n) is 8.53. The van der Waals surface area contributed by atoms with Crippen LogP contribution in [0.25, 0.3) is 0 Å². The molecule has 1 heterocycles. The second-order valence-corrected chi connectivity index (χ2v) is 8.53. The second kappa shape index (κ2) is 9.69. The van der Waals surface area contributed by atoms with Crippen molar-refractivity contribution in [3.8, 4) is 11.8 Å². The van der Waals surface area contributed by atoms with Gasteiger partial charge in [-0.15, -0.1) is 0 Å². The molecule has 0 radical (unpaired) electrons. The molecule has 2 aromatic carbocycles. The minimum absolute atomic E-state index is 0.0504. The van der Waals surface area contributed by atoms with Gasteiger partial charge < -0.3 is 10.1 Å². The highest BCUT2D eigenvalue weighted by Gasteiger charge is 2.31. The Labute approximate surface area is 188 Å². The molecule has 0 saturated heterocycles. The van der Waals surface area contributed by atoms with Gasteiger partial charge in [0.05, 0.1) is 24.3 Å². The van der Waals surface area contributed by atoms with Crippen LogP contribution in [0, 0.1) is 17.2 Å². The summed E-state index contributed by atoms with van der Waals surface area (Å²) in [6.45, 7) is 4.62. The number of hydrogen-bond donors (Lipinski definition) is 1. The summed E-state index contributed by atoms with van der Waals surface area (Å²) in [7, 11) is 0. The molecular formula is C26H28N4O2. The number of carbonyl (C=O) groups is 1. The molecule has 3 aromatic rings. The van der Waals surface area contributed by atoms with Crippen molar-refractivity contribution in [1.29, 1.82) is 5.26 Å². The maximum Gasteiger partial charge on any atom is 0.261 e. The predicted molar refractivity (Wildman–Crippen MR) is 122 cm³/mol. The van der Waals surface area contributed by atoms with E-state index in [1.165, 1.54) is 11.3 Å². The summed E-state index contributed by atoms with van der Waals surface area (Å²) in [5.41, 5.74) is 3.89. The molecule has 32 heavy (non-hydrogen) atoms. The van der Waals surface area contributed by atoms with Crippen LogP contribution in [0.3, 0.4) is 0 Å². The monoisotopic (exact) mass is 428 g/mol. The van der Waals surface area contributed by atoms with Gasteiger partial charge in [0, 0.05) is 11.3 Å². The maximum atomic E-state index is 13.2. The quantitative estimate of drug-likeness (QED) is 0.605. The van der Waals surface area contributed by atoms with Crippen LogP contribution in [-0.2, 0) is 17.8 Å². The molecule has 6 nitrogen and oxygen atoms in total. The number of hydrogen-bond acceptors (Lipinski definition) is 4. The van der Waals surface area contributed by atoms with Crippen molar-refractivity contribution in [3.05, 3.63) is 83.2 Å². The number of para-hydroxylation sites is 1. The molecule has 2 atom stereocenters. The van der Waals surface area contributed by atoms with Crippen LogP contribution in [0.15, 0.2) is 60.8 Å². The number of rotatable bonds is 7. The molecule has 1 aliphatic rings. The molecule has 1 N–H and O–H groups in total. The molecular weight excluding hydrogens is 400 g/mol. The van der Waals surface area contributed by atoms with Crippen molar-refractivity contribution in [2.24, 2.45) is 5.92 Å². The lowest BCUT2D eigenvalue weighted by molar-refractivity contribution is -0.130. The van der Waals surface area contributed by atoms with Gasteiger partial charge in [0.1, 0.15) is 11.8 Å². The van der Waals surface area contributed by atoms with E-state index >= 15 is 0 Å². The van der Waals surface area contributed by atoms with Crippen LogP contribution in [0.1, 0.15) is 55.1 Å². The summed E-state index contributed by atoms with van der Waals surface area (Å²) >= 11 is 0. The van der Waals surface area contributed by atoms with E-state index in [-0.39, 0.29) is 17.9 Å². The minimum Gasteiger partial charge on any atom is -0.479 e. The van der Waals surface area contributed by atoms with Gasteiger partial charge in [-0.3, -0.25) is 9.48 Å². The van der Waals surface area contributed by atoms with Crippen LogP contribution in [0.2, 0.25) is 0 Å². The van der Waals surface area contributed by atoms with Crippen LogP contribution in [0.4, 0.5) is 0 Å². The molecule has 0 fully saturated rings. The Kier molecular flexibility index (Phi) is 6.55. The standard InChI is InChI=1S/C26H28N4O2/c1-18(2)25(32-24-14-7-6-11-20(24)15-27)26(31)29-22-12-8-13-23-21(22)16-28-30(23)17-19-9-4-3-5-10-19/h3-7,9-11,14,16,18,22,25H,8,12-13,17H2,1-2H3,(H,29,31). The number of nitrogens with one attached hydrogen (secondary N) is 1. The molecule has 2 unspecified atom stereocenters. The Morgan fingerprint density at radius 2 is 1.97 bits per heavy atom. The Hall–Kier alpha value is -3.59. The van der Waals surface area contributed by atoms with Gasteiger partial charge in [-0.25, -0.2) is 0 Å². The van der Waals surface area contributed by atoms with E-state index in [1.807, 2.05) is 42.9 Å². The number of nitrogens with zero attached hydrogens (tertiary/aromatic N) is 3. The van der Waals surface area contributed by atoms with Crippen molar-refractivity contribution in [2.75, 3.05) is 0 Å². The predicted octanol–water partition coefficient (Wildman–Crippen LogP) is 4.40. The highest BCUT2D eigenvalue weighted by Crippen LogP contribution is 2.30. The summed E-state index contributed by atoms with van der Waals surface area (Å²) < 4.78 is 8.06. The van der Waals surface area contributed by atoms with Gasteiger partial charge in [-0.05, 0) is 42.9 Å². The van der Waals surface area contributed by atoms with E-state index in [1.54, 1.807) is 24.3 Å². The maximum absolute atomic E-state index is 13.2. The zero-order valence-corrected chi connectivity index (χ0v) is 18.5. The van der Waals surface area contributed by atoms with Crippen LogP contribution >= 0.6 is 0 Å². The Balaban J connectivity index is 1.50. The topological polar surface area (TPSA) is 79.9 Å². The van der Waals surface area contributed by atoms with Gasteiger partial charge in [0.25, 0.3) is 5.91 Å². The molecule has 1 amide bonds. The van der Waals surface area contributed by atoms with Crippen molar-refractivity contribution in [1.82, 2.24) is 15.1 Å². The highest BCUT2D eigenvalue weighted by atomic mass is 16.5. The van der Waals surface area contributed by atoms with Crippen molar-refractivity contribution < 1.29 is 9.53 Å². The number of benzene rings is 2. The first-order valence-corrected chi connectivity index (χ1v) is 11.1.